The zero-order chi connectivity index (χ0) is 19.7. The van der Waals surface area contributed by atoms with E-state index in [4.69, 9.17) is 0 Å². The molecule has 2 aliphatic rings. The summed E-state index contributed by atoms with van der Waals surface area (Å²) in [5.74, 6) is -0.332. The lowest BCUT2D eigenvalue weighted by molar-refractivity contribution is -0.119. The van der Waals surface area contributed by atoms with Crippen molar-refractivity contribution in [3.8, 4) is 0 Å². The van der Waals surface area contributed by atoms with E-state index in [-0.39, 0.29) is 24.4 Å². The minimum Gasteiger partial charge on any atom is -0.381 e. The maximum atomic E-state index is 12.7. The average molecular weight is 465 g/mol. The monoisotopic (exact) mass is 464 g/mol. The molecule has 2 amide bonds. The first kappa shape index (κ1) is 19.2. The van der Waals surface area contributed by atoms with Crippen LogP contribution < -0.4 is 21.3 Å². The summed E-state index contributed by atoms with van der Waals surface area (Å²) in [7, 11) is 0. The van der Waals surface area contributed by atoms with E-state index in [1.807, 2.05) is 13.1 Å². The summed E-state index contributed by atoms with van der Waals surface area (Å²) in [6, 6.07) is 0.374. The van der Waals surface area contributed by atoms with Crippen molar-refractivity contribution >= 4 is 43.9 Å². The van der Waals surface area contributed by atoms with Gasteiger partial charge in [0.25, 0.3) is 5.91 Å². The van der Waals surface area contributed by atoms with E-state index in [9.17, 15) is 9.59 Å². The molecule has 148 valence electrons. The number of hydrogen-bond acceptors (Lipinski definition) is 6. The van der Waals surface area contributed by atoms with Crippen LogP contribution in [-0.4, -0.2) is 40.1 Å². The van der Waals surface area contributed by atoms with Gasteiger partial charge in [0.2, 0.25) is 5.91 Å². The fourth-order valence-electron chi connectivity index (χ4n) is 3.02. The number of halogens is 1. The van der Waals surface area contributed by atoms with E-state index in [0.717, 1.165) is 21.5 Å². The second kappa shape index (κ2) is 8.06. The number of amides is 2. The van der Waals surface area contributed by atoms with E-state index in [0.29, 0.717) is 23.0 Å². The Kier molecular flexibility index (Phi) is 5.51. The number of fused-ring (bicyclic) bond motifs is 1. The van der Waals surface area contributed by atoms with Crippen LogP contribution in [0.5, 0.6) is 0 Å². The van der Waals surface area contributed by atoms with Crippen LogP contribution in [0, 0.1) is 0 Å². The predicted molar refractivity (Wildman–Crippen MR) is 111 cm³/mol. The highest BCUT2D eigenvalue weighted by atomic mass is 79.9. The molecule has 1 saturated carbocycles. The highest BCUT2D eigenvalue weighted by Gasteiger charge is 2.21. The van der Waals surface area contributed by atoms with Crippen molar-refractivity contribution in [2.24, 2.45) is 0 Å². The summed E-state index contributed by atoms with van der Waals surface area (Å²) >= 11 is 4.85. The third-order valence-corrected chi connectivity index (χ3v) is 6.47. The number of carbonyl (C=O) groups excluding carboxylic acids is 2. The van der Waals surface area contributed by atoms with Gasteiger partial charge in [0.05, 0.1) is 40.0 Å². The Labute approximate surface area is 174 Å². The molecule has 1 unspecified atom stereocenters. The minimum absolute atomic E-state index is 0.0844. The molecule has 1 fully saturated rings. The molecule has 4 rings (SSSR count). The van der Waals surface area contributed by atoms with E-state index in [1.165, 1.54) is 17.8 Å². The van der Waals surface area contributed by atoms with Gasteiger partial charge in [-0.1, -0.05) is 6.42 Å². The standard InChI is InChI=1S/C18H21BrN6O2S/c1-10-14(24-17(27)13-7-22-25-9-15(19)28-18(13)25)5-12(6-20-10)23-16(26)8-21-11-3-2-4-11/h5-7,9-11,20-21H,2-4,8H2,1H3,(H,23,26)(H,24,27). The Morgan fingerprint density at radius 3 is 2.96 bits per heavy atom. The fourth-order valence-corrected chi connectivity index (χ4v) is 4.46. The van der Waals surface area contributed by atoms with Crippen molar-refractivity contribution in [2.45, 2.75) is 38.3 Å². The van der Waals surface area contributed by atoms with E-state index in [1.54, 1.807) is 23.0 Å². The smallest absolute Gasteiger partial charge is 0.260 e. The van der Waals surface area contributed by atoms with Gasteiger partial charge in [-0.25, -0.2) is 4.52 Å². The van der Waals surface area contributed by atoms with Gasteiger partial charge in [-0.15, -0.1) is 11.3 Å². The maximum absolute atomic E-state index is 12.7. The molecule has 28 heavy (non-hydrogen) atoms. The molecule has 1 aliphatic heterocycles. The molecule has 1 aliphatic carbocycles. The Morgan fingerprint density at radius 2 is 2.21 bits per heavy atom. The van der Waals surface area contributed by atoms with Gasteiger partial charge >= 0.3 is 0 Å². The number of aromatic nitrogens is 2. The molecule has 2 aromatic rings. The van der Waals surface area contributed by atoms with Gasteiger partial charge in [-0.2, -0.15) is 5.10 Å². The quantitative estimate of drug-likeness (QED) is 0.522. The number of thiazole rings is 1. The molecule has 3 heterocycles. The van der Waals surface area contributed by atoms with Crippen LogP contribution in [0.2, 0.25) is 0 Å². The normalized spacial score (nSPS) is 19.4. The zero-order valence-corrected chi connectivity index (χ0v) is 17.7. The second-order valence-electron chi connectivity index (χ2n) is 6.94. The van der Waals surface area contributed by atoms with Crippen LogP contribution >= 0.6 is 27.3 Å². The van der Waals surface area contributed by atoms with E-state index >= 15 is 0 Å². The first-order valence-corrected chi connectivity index (χ1v) is 10.8. The van der Waals surface area contributed by atoms with Crippen LogP contribution in [0.25, 0.3) is 4.83 Å². The first-order chi connectivity index (χ1) is 13.5. The largest absolute Gasteiger partial charge is 0.381 e. The Hall–Kier alpha value is -2.17. The molecular weight excluding hydrogens is 444 g/mol. The Morgan fingerprint density at radius 1 is 1.39 bits per heavy atom. The lowest BCUT2D eigenvalue weighted by atomic mass is 9.93. The predicted octanol–water partition coefficient (Wildman–Crippen LogP) is 1.86. The molecule has 8 nitrogen and oxygen atoms in total. The molecule has 0 bridgehead atoms. The van der Waals surface area contributed by atoms with E-state index < -0.39 is 0 Å². The fraction of sp³-hybridized carbons (Fsp3) is 0.389. The lowest BCUT2D eigenvalue weighted by Crippen LogP contribution is -2.43. The summed E-state index contributed by atoms with van der Waals surface area (Å²) in [4.78, 5) is 25.6. The minimum atomic E-state index is -0.233. The van der Waals surface area contributed by atoms with Crippen LogP contribution in [0.15, 0.2) is 39.9 Å². The molecule has 0 saturated heterocycles. The number of dihydropyridines is 1. The second-order valence-corrected chi connectivity index (χ2v) is 9.35. The summed E-state index contributed by atoms with van der Waals surface area (Å²) in [6.45, 7) is 2.23. The molecule has 2 aromatic heterocycles. The van der Waals surface area contributed by atoms with Crippen molar-refractivity contribution in [3.05, 3.63) is 45.4 Å². The van der Waals surface area contributed by atoms with Gasteiger partial charge in [0.1, 0.15) is 4.83 Å². The van der Waals surface area contributed by atoms with Crippen molar-refractivity contribution in [1.82, 2.24) is 30.9 Å². The highest BCUT2D eigenvalue weighted by molar-refractivity contribution is 9.11. The van der Waals surface area contributed by atoms with Crippen LogP contribution in [0.1, 0.15) is 36.5 Å². The molecule has 4 N–H and O–H groups in total. The number of nitrogens with zero attached hydrogens (tertiary/aromatic N) is 2. The molecule has 10 heteroatoms. The molecule has 0 radical (unpaired) electrons. The number of hydrogen-bond donors (Lipinski definition) is 4. The van der Waals surface area contributed by atoms with E-state index in [2.05, 4.69) is 42.3 Å². The third-order valence-electron chi connectivity index (χ3n) is 4.88. The Bertz CT molecular complexity index is 974. The molecule has 0 spiro atoms. The van der Waals surface area contributed by atoms with Gasteiger partial charge in [0, 0.05) is 17.9 Å². The van der Waals surface area contributed by atoms with Crippen molar-refractivity contribution in [1.29, 1.82) is 0 Å². The van der Waals surface area contributed by atoms with Gasteiger partial charge < -0.3 is 21.3 Å². The van der Waals surface area contributed by atoms with Crippen molar-refractivity contribution < 1.29 is 9.59 Å². The lowest BCUT2D eigenvalue weighted by Gasteiger charge is -2.26. The highest BCUT2D eigenvalue weighted by Crippen LogP contribution is 2.26. The number of rotatable bonds is 6. The van der Waals surface area contributed by atoms with Gasteiger partial charge in [-0.3, -0.25) is 9.59 Å². The SMILES string of the molecule is CC1NC=C(NC(=O)CNC2CCC2)C=C1NC(=O)c1cnn2cc(Br)sc12. The molecular formula is C18H21BrN6O2S. The van der Waals surface area contributed by atoms with Crippen LogP contribution in [-0.2, 0) is 4.79 Å². The van der Waals surface area contributed by atoms with Crippen LogP contribution in [0.4, 0.5) is 0 Å². The molecule has 0 aromatic carbocycles. The summed E-state index contributed by atoms with van der Waals surface area (Å²) < 4.78 is 2.57. The zero-order valence-electron chi connectivity index (χ0n) is 15.3. The van der Waals surface area contributed by atoms with Gasteiger partial charge in [0.15, 0.2) is 0 Å². The number of allylic oxidation sites excluding steroid dienone is 1. The number of nitrogens with one attached hydrogen (secondary N) is 4. The maximum Gasteiger partial charge on any atom is 0.260 e. The molecule has 1 atom stereocenters. The Balaban J connectivity index is 1.40. The first-order valence-electron chi connectivity index (χ1n) is 9.14. The average Bonchev–Trinajstić information content (AvgIpc) is 3.15. The summed E-state index contributed by atoms with van der Waals surface area (Å²) in [5.41, 5.74) is 1.81. The van der Waals surface area contributed by atoms with Crippen molar-refractivity contribution in [3.63, 3.8) is 0 Å². The topological polar surface area (TPSA) is 99.6 Å². The summed E-state index contributed by atoms with van der Waals surface area (Å²) in [5, 5.41) is 16.4. The van der Waals surface area contributed by atoms with Crippen LogP contribution in [0.3, 0.4) is 0 Å². The number of carbonyl (C=O) groups is 2. The summed E-state index contributed by atoms with van der Waals surface area (Å²) in [6.07, 6.45) is 10.4. The van der Waals surface area contributed by atoms with Gasteiger partial charge in [-0.05, 0) is 41.8 Å². The van der Waals surface area contributed by atoms with Crippen molar-refractivity contribution in [2.75, 3.05) is 6.54 Å². The third kappa shape index (κ3) is 4.13.